The molecule has 0 radical (unpaired) electrons. The molecule has 0 fully saturated rings. The molecule has 0 spiro atoms. The van der Waals surface area contributed by atoms with Crippen molar-refractivity contribution in [3.05, 3.63) is 29.3 Å². The van der Waals surface area contributed by atoms with Crippen LogP contribution in [-0.2, 0) is 23.1 Å². The Labute approximate surface area is 82.9 Å². The maximum absolute atomic E-state index is 10.8. The number of aryl methyl sites for hydroxylation is 1. The van der Waals surface area contributed by atoms with Crippen molar-refractivity contribution in [2.24, 2.45) is 5.14 Å². The Balaban J connectivity index is 2.40. The second-order valence-corrected chi connectivity index (χ2v) is 4.48. The minimum Gasteiger partial charge on any atom is -0.371 e. The molecule has 0 bridgehead atoms. The van der Waals surface area contributed by atoms with Gasteiger partial charge in [0, 0.05) is 0 Å². The van der Waals surface area contributed by atoms with Gasteiger partial charge in [-0.1, -0.05) is 12.1 Å². The van der Waals surface area contributed by atoms with Crippen molar-refractivity contribution in [1.29, 1.82) is 0 Å². The monoisotopic (exact) mass is 213 g/mol. The number of rotatable bonds is 2. The maximum atomic E-state index is 10.8. The van der Waals surface area contributed by atoms with Gasteiger partial charge in [0.25, 0.3) is 0 Å². The summed E-state index contributed by atoms with van der Waals surface area (Å²) in [6.07, 6.45) is 2.89. The van der Waals surface area contributed by atoms with Gasteiger partial charge in [0.1, 0.15) is 5.75 Å². The zero-order chi connectivity index (χ0) is 10.2. The Morgan fingerprint density at radius 1 is 1.29 bits per heavy atom. The Morgan fingerprint density at radius 3 is 2.79 bits per heavy atom. The van der Waals surface area contributed by atoms with Gasteiger partial charge in [0.05, 0.1) is 0 Å². The Hall–Kier alpha value is -1.07. The van der Waals surface area contributed by atoms with Crippen LogP contribution in [0.1, 0.15) is 17.5 Å². The smallest absolute Gasteiger partial charge is 0.371 e. The third-order valence-corrected chi connectivity index (χ3v) is 2.72. The van der Waals surface area contributed by atoms with Crippen molar-refractivity contribution < 1.29 is 12.6 Å². The molecule has 2 N–H and O–H groups in total. The predicted molar refractivity (Wildman–Crippen MR) is 52.2 cm³/mol. The standard InChI is InChI=1S/C9H11NO3S/c10-14(11,12)13-9-6-2-4-7-3-1-5-8(7)9/h2,4,6H,1,3,5H2,(H2,10,11,12). The average molecular weight is 213 g/mol. The molecule has 4 nitrogen and oxygen atoms in total. The molecular formula is C9H11NO3S. The molecule has 0 aliphatic heterocycles. The summed E-state index contributed by atoms with van der Waals surface area (Å²) in [5.74, 6) is 0.377. The molecular weight excluding hydrogens is 202 g/mol. The molecule has 0 saturated heterocycles. The molecule has 1 aliphatic rings. The van der Waals surface area contributed by atoms with E-state index in [1.54, 1.807) is 12.1 Å². The highest BCUT2D eigenvalue weighted by Crippen LogP contribution is 2.30. The lowest BCUT2D eigenvalue weighted by atomic mass is 10.1. The Bertz CT molecular complexity index is 453. The van der Waals surface area contributed by atoms with Crippen LogP contribution in [0.25, 0.3) is 0 Å². The van der Waals surface area contributed by atoms with Crippen molar-refractivity contribution in [3.8, 4) is 5.75 Å². The molecule has 0 amide bonds. The highest BCUT2D eigenvalue weighted by molar-refractivity contribution is 7.84. The topological polar surface area (TPSA) is 69.4 Å². The summed E-state index contributed by atoms with van der Waals surface area (Å²) in [4.78, 5) is 0. The molecule has 0 atom stereocenters. The average Bonchev–Trinajstić information content (AvgIpc) is 2.49. The van der Waals surface area contributed by atoms with Gasteiger partial charge in [-0.3, -0.25) is 0 Å². The highest BCUT2D eigenvalue weighted by atomic mass is 32.2. The van der Waals surface area contributed by atoms with Crippen molar-refractivity contribution in [2.45, 2.75) is 19.3 Å². The van der Waals surface area contributed by atoms with E-state index in [0.717, 1.165) is 30.4 Å². The van der Waals surface area contributed by atoms with E-state index in [-0.39, 0.29) is 0 Å². The lowest BCUT2D eigenvalue weighted by Crippen LogP contribution is -2.19. The summed E-state index contributed by atoms with van der Waals surface area (Å²) in [5.41, 5.74) is 2.13. The third kappa shape index (κ3) is 1.88. The Kier molecular flexibility index (Phi) is 2.20. The van der Waals surface area contributed by atoms with Crippen molar-refractivity contribution >= 4 is 10.3 Å². The van der Waals surface area contributed by atoms with Crippen LogP contribution in [0.15, 0.2) is 18.2 Å². The van der Waals surface area contributed by atoms with E-state index in [0.29, 0.717) is 5.75 Å². The van der Waals surface area contributed by atoms with Crippen molar-refractivity contribution in [3.63, 3.8) is 0 Å². The quantitative estimate of drug-likeness (QED) is 0.788. The minimum absolute atomic E-state index is 0.377. The van der Waals surface area contributed by atoms with Crippen LogP contribution in [0.2, 0.25) is 0 Å². The number of nitrogens with two attached hydrogens (primary N) is 1. The van der Waals surface area contributed by atoms with Gasteiger partial charge in [0.2, 0.25) is 0 Å². The highest BCUT2D eigenvalue weighted by Gasteiger charge is 2.17. The summed E-state index contributed by atoms with van der Waals surface area (Å²) in [7, 11) is -3.90. The fourth-order valence-electron chi connectivity index (χ4n) is 1.79. The van der Waals surface area contributed by atoms with Crippen LogP contribution in [0, 0.1) is 0 Å². The fourth-order valence-corrected chi connectivity index (χ4v) is 2.19. The molecule has 76 valence electrons. The number of hydrogen-bond donors (Lipinski definition) is 1. The van der Waals surface area contributed by atoms with Crippen LogP contribution >= 0.6 is 0 Å². The number of benzene rings is 1. The van der Waals surface area contributed by atoms with Crippen molar-refractivity contribution in [2.75, 3.05) is 0 Å². The number of fused-ring (bicyclic) bond motifs is 1. The van der Waals surface area contributed by atoms with E-state index in [2.05, 4.69) is 0 Å². The SMILES string of the molecule is NS(=O)(=O)Oc1cccc2c1CCC2. The Morgan fingerprint density at radius 2 is 2.07 bits per heavy atom. The molecule has 2 rings (SSSR count). The summed E-state index contributed by atoms with van der Waals surface area (Å²) in [6.45, 7) is 0. The fraction of sp³-hybridized carbons (Fsp3) is 0.333. The number of hydrogen-bond acceptors (Lipinski definition) is 3. The summed E-state index contributed by atoms with van der Waals surface area (Å²) in [6, 6.07) is 5.40. The molecule has 0 unspecified atom stereocenters. The first-order chi connectivity index (χ1) is 6.56. The normalized spacial score (nSPS) is 15.2. The van der Waals surface area contributed by atoms with Crippen LogP contribution in [0.5, 0.6) is 5.75 Å². The first kappa shape index (κ1) is 9.48. The molecule has 1 aliphatic carbocycles. The van der Waals surface area contributed by atoms with Gasteiger partial charge in [-0.25, -0.2) is 0 Å². The maximum Gasteiger partial charge on any atom is 0.380 e. The minimum atomic E-state index is -3.90. The van der Waals surface area contributed by atoms with Crippen molar-refractivity contribution in [1.82, 2.24) is 0 Å². The van der Waals surface area contributed by atoms with Crippen LogP contribution < -0.4 is 9.32 Å². The van der Waals surface area contributed by atoms with E-state index >= 15 is 0 Å². The molecule has 1 aromatic carbocycles. The van der Waals surface area contributed by atoms with Crippen LogP contribution in [0.4, 0.5) is 0 Å². The van der Waals surface area contributed by atoms with Gasteiger partial charge in [-0.2, -0.15) is 13.6 Å². The zero-order valence-electron chi connectivity index (χ0n) is 7.56. The predicted octanol–water partition coefficient (Wildman–Crippen LogP) is 0.758. The van der Waals surface area contributed by atoms with E-state index in [1.807, 2.05) is 6.07 Å². The molecule has 5 heteroatoms. The summed E-state index contributed by atoms with van der Waals surface area (Å²) in [5, 5.41) is 4.81. The third-order valence-electron chi connectivity index (χ3n) is 2.31. The first-order valence-corrected chi connectivity index (χ1v) is 5.86. The van der Waals surface area contributed by atoms with Crippen LogP contribution in [0.3, 0.4) is 0 Å². The molecule has 0 aromatic heterocycles. The summed E-state index contributed by atoms with van der Waals surface area (Å²) >= 11 is 0. The molecule has 0 saturated carbocycles. The first-order valence-electron chi connectivity index (χ1n) is 4.39. The van der Waals surface area contributed by atoms with E-state index < -0.39 is 10.3 Å². The van der Waals surface area contributed by atoms with Gasteiger partial charge >= 0.3 is 10.3 Å². The van der Waals surface area contributed by atoms with E-state index in [1.165, 1.54) is 0 Å². The lowest BCUT2D eigenvalue weighted by Gasteiger charge is -2.07. The van der Waals surface area contributed by atoms with Gasteiger partial charge in [-0.15, -0.1) is 0 Å². The van der Waals surface area contributed by atoms with E-state index in [4.69, 9.17) is 9.32 Å². The molecule has 0 heterocycles. The van der Waals surface area contributed by atoms with E-state index in [9.17, 15) is 8.42 Å². The second kappa shape index (κ2) is 3.25. The second-order valence-electron chi connectivity index (χ2n) is 3.32. The summed E-state index contributed by atoms with van der Waals surface area (Å²) < 4.78 is 26.2. The van der Waals surface area contributed by atoms with Gasteiger partial charge in [-0.05, 0) is 36.5 Å². The van der Waals surface area contributed by atoms with Crippen LogP contribution in [-0.4, -0.2) is 8.42 Å². The van der Waals surface area contributed by atoms with Gasteiger partial charge in [0.15, 0.2) is 0 Å². The molecule has 1 aromatic rings. The lowest BCUT2D eigenvalue weighted by molar-refractivity contribution is 0.485. The largest absolute Gasteiger partial charge is 0.380 e. The molecule has 14 heavy (non-hydrogen) atoms. The zero-order valence-corrected chi connectivity index (χ0v) is 8.38. The van der Waals surface area contributed by atoms with Gasteiger partial charge < -0.3 is 4.18 Å².